The Bertz CT molecular complexity index is 1300. The number of hydrogen-bond acceptors (Lipinski definition) is 5. The van der Waals surface area contributed by atoms with E-state index < -0.39 is 30.1 Å². The molecule has 1 aliphatic heterocycles. The first-order valence-corrected chi connectivity index (χ1v) is 11.2. The van der Waals surface area contributed by atoms with Gasteiger partial charge in [-0.2, -0.15) is 0 Å². The molecule has 1 aromatic heterocycles. The van der Waals surface area contributed by atoms with E-state index in [0.717, 1.165) is 17.0 Å². The Hall–Kier alpha value is -4.32. The van der Waals surface area contributed by atoms with E-state index in [9.17, 15) is 27.6 Å². The molecule has 192 valence electrons. The average molecular weight is 534 g/mol. The molecule has 0 aliphatic carbocycles. The Labute approximate surface area is 213 Å². The summed E-state index contributed by atoms with van der Waals surface area (Å²) in [6.07, 6.45) is -1.56. The van der Waals surface area contributed by atoms with Crippen LogP contribution in [0, 0.1) is 0 Å². The Morgan fingerprint density at radius 1 is 1.03 bits per heavy atom. The maximum absolute atomic E-state index is 12.9. The molecule has 13 heteroatoms. The first kappa shape index (κ1) is 25.8. The van der Waals surface area contributed by atoms with Crippen LogP contribution in [0.5, 0.6) is 5.75 Å². The number of aromatic nitrogens is 1. The number of alkyl halides is 3. The van der Waals surface area contributed by atoms with Crippen molar-refractivity contribution in [3.8, 4) is 5.75 Å². The smallest absolute Gasteiger partial charge is 0.406 e. The number of anilines is 3. The quantitative estimate of drug-likeness (QED) is 0.402. The molecular formula is C24H19ClF3N5O4. The van der Waals surface area contributed by atoms with Crippen LogP contribution in [-0.4, -0.2) is 47.3 Å². The summed E-state index contributed by atoms with van der Waals surface area (Å²) in [5, 5.41) is 5.91. The molecule has 1 saturated heterocycles. The van der Waals surface area contributed by atoms with Crippen LogP contribution in [0.1, 0.15) is 5.56 Å². The van der Waals surface area contributed by atoms with Crippen molar-refractivity contribution in [2.45, 2.75) is 12.8 Å². The topological polar surface area (TPSA) is 104 Å². The van der Waals surface area contributed by atoms with Gasteiger partial charge in [-0.1, -0.05) is 11.6 Å². The average Bonchev–Trinajstić information content (AvgIpc) is 3.12. The fourth-order valence-electron chi connectivity index (χ4n) is 3.60. The largest absolute Gasteiger partial charge is 0.573 e. The van der Waals surface area contributed by atoms with Gasteiger partial charge >= 0.3 is 18.4 Å². The maximum atomic E-state index is 12.9. The number of benzene rings is 2. The minimum absolute atomic E-state index is 0.122. The lowest BCUT2D eigenvalue weighted by Gasteiger charge is -2.18. The molecule has 0 saturated carbocycles. The molecule has 2 aromatic carbocycles. The molecule has 37 heavy (non-hydrogen) atoms. The minimum atomic E-state index is -4.85. The van der Waals surface area contributed by atoms with Crippen molar-refractivity contribution in [3.63, 3.8) is 0 Å². The summed E-state index contributed by atoms with van der Waals surface area (Å²) in [6, 6.07) is 11.6. The molecule has 0 atom stereocenters. The van der Waals surface area contributed by atoms with E-state index in [1.54, 1.807) is 30.3 Å². The van der Waals surface area contributed by atoms with Crippen molar-refractivity contribution >= 4 is 46.6 Å². The summed E-state index contributed by atoms with van der Waals surface area (Å²) in [4.78, 5) is 44.0. The van der Waals surface area contributed by atoms with Gasteiger partial charge in [-0.3, -0.25) is 9.78 Å². The van der Waals surface area contributed by atoms with Gasteiger partial charge in [0.25, 0.3) is 5.91 Å². The normalized spacial score (nSPS) is 13.6. The Morgan fingerprint density at radius 2 is 1.73 bits per heavy atom. The van der Waals surface area contributed by atoms with Crippen molar-refractivity contribution in [1.82, 2.24) is 9.88 Å². The number of rotatable bonds is 7. The second kappa shape index (κ2) is 10.7. The lowest BCUT2D eigenvalue weighted by Crippen LogP contribution is -2.34. The second-order valence-electron chi connectivity index (χ2n) is 7.84. The second-order valence-corrected chi connectivity index (χ2v) is 8.28. The van der Waals surface area contributed by atoms with Crippen molar-refractivity contribution in [2.24, 2.45) is 0 Å². The molecule has 2 N–H and O–H groups in total. The van der Waals surface area contributed by atoms with Gasteiger partial charge in [-0.05, 0) is 66.6 Å². The molecule has 0 bridgehead atoms. The SMILES string of the molecule is O=C(Nc1ccc(Cl)cc1)Nc1cnccc1CCN1CC(=O)N(c2ccc(OC(F)(F)F)cc2)C1=O. The highest BCUT2D eigenvalue weighted by molar-refractivity contribution is 6.30. The Morgan fingerprint density at radius 3 is 2.41 bits per heavy atom. The zero-order chi connectivity index (χ0) is 26.6. The van der Waals surface area contributed by atoms with Crippen LogP contribution in [0.2, 0.25) is 5.02 Å². The lowest BCUT2D eigenvalue weighted by molar-refractivity contribution is -0.274. The van der Waals surface area contributed by atoms with Crippen LogP contribution < -0.4 is 20.3 Å². The van der Waals surface area contributed by atoms with Crippen molar-refractivity contribution < 1.29 is 32.3 Å². The summed E-state index contributed by atoms with van der Waals surface area (Å²) < 4.78 is 40.9. The van der Waals surface area contributed by atoms with Crippen LogP contribution in [0.3, 0.4) is 0 Å². The molecular weight excluding hydrogens is 515 g/mol. The van der Waals surface area contributed by atoms with E-state index in [4.69, 9.17) is 11.6 Å². The first-order chi connectivity index (χ1) is 17.6. The molecule has 5 amide bonds. The van der Waals surface area contributed by atoms with E-state index in [-0.39, 0.29) is 18.8 Å². The fraction of sp³-hybridized carbons (Fsp3) is 0.167. The highest BCUT2D eigenvalue weighted by atomic mass is 35.5. The van der Waals surface area contributed by atoms with Crippen LogP contribution in [0.4, 0.5) is 39.8 Å². The number of hydrogen-bond donors (Lipinski definition) is 2. The number of amides is 5. The predicted molar refractivity (Wildman–Crippen MR) is 130 cm³/mol. The van der Waals surface area contributed by atoms with Gasteiger partial charge in [0.2, 0.25) is 0 Å². The molecule has 3 aromatic rings. The van der Waals surface area contributed by atoms with Crippen molar-refractivity contribution in [1.29, 1.82) is 0 Å². The van der Waals surface area contributed by atoms with E-state index in [1.165, 1.54) is 29.4 Å². The molecule has 9 nitrogen and oxygen atoms in total. The van der Waals surface area contributed by atoms with Crippen molar-refractivity contribution in [2.75, 3.05) is 28.6 Å². The summed E-state index contributed by atoms with van der Waals surface area (Å²) in [5.74, 6) is -0.991. The highest BCUT2D eigenvalue weighted by Gasteiger charge is 2.37. The molecule has 0 unspecified atom stereocenters. The van der Waals surface area contributed by atoms with Gasteiger partial charge < -0.3 is 20.3 Å². The predicted octanol–water partition coefficient (Wildman–Crippen LogP) is 5.29. The summed E-state index contributed by atoms with van der Waals surface area (Å²) in [5.41, 5.74) is 1.75. The lowest BCUT2D eigenvalue weighted by atomic mass is 10.1. The van der Waals surface area contributed by atoms with Gasteiger partial charge in [0, 0.05) is 23.5 Å². The number of pyridine rings is 1. The van der Waals surface area contributed by atoms with Gasteiger partial charge in [0.15, 0.2) is 0 Å². The number of halogens is 4. The third kappa shape index (κ3) is 6.67. The number of carbonyl (C=O) groups is 3. The zero-order valence-electron chi connectivity index (χ0n) is 19.0. The zero-order valence-corrected chi connectivity index (χ0v) is 19.7. The van der Waals surface area contributed by atoms with Gasteiger partial charge in [-0.15, -0.1) is 13.2 Å². The standard InChI is InChI=1S/C24H19ClF3N5O4/c25-16-1-3-17(4-2-16)30-22(35)31-20-13-29-11-9-15(20)10-12-32-14-21(34)33(23(32)36)18-5-7-19(8-6-18)37-24(26,27)28/h1-9,11,13H,10,12,14H2,(H2,30,31,35). The van der Waals surface area contributed by atoms with Gasteiger partial charge in [0.1, 0.15) is 12.3 Å². The minimum Gasteiger partial charge on any atom is -0.406 e. The molecule has 0 radical (unpaired) electrons. The number of imide groups is 1. The fourth-order valence-corrected chi connectivity index (χ4v) is 3.73. The summed E-state index contributed by atoms with van der Waals surface area (Å²) >= 11 is 5.85. The van der Waals surface area contributed by atoms with Gasteiger partial charge in [0.05, 0.1) is 17.6 Å². The maximum Gasteiger partial charge on any atom is 0.573 e. The molecule has 1 aliphatic rings. The third-order valence-electron chi connectivity index (χ3n) is 5.28. The number of ether oxygens (including phenoxy) is 1. The van der Waals surface area contributed by atoms with Crippen LogP contribution in [0.15, 0.2) is 67.0 Å². The molecule has 1 fully saturated rings. The third-order valence-corrected chi connectivity index (χ3v) is 5.53. The number of nitrogens with zero attached hydrogens (tertiary/aromatic N) is 3. The van der Waals surface area contributed by atoms with E-state index >= 15 is 0 Å². The Kier molecular flexibility index (Phi) is 7.48. The monoisotopic (exact) mass is 533 g/mol. The van der Waals surface area contributed by atoms with E-state index in [2.05, 4.69) is 20.4 Å². The van der Waals surface area contributed by atoms with Gasteiger partial charge in [-0.25, -0.2) is 14.5 Å². The molecule has 4 rings (SSSR count). The molecule has 0 spiro atoms. The van der Waals surface area contributed by atoms with Crippen LogP contribution in [-0.2, 0) is 11.2 Å². The number of urea groups is 2. The Balaban J connectivity index is 1.37. The number of nitrogens with one attached hydrogen (secondary N) is 2. The van der Waals surface area contributed by atoms with Crippen molar-refractivity contribution in [3.05, 3.63) is 77.6 Å². The first-order valence-electron chi connectivity index (χ1n) is 10.8. The molecule has 2 heterocycles. The summed E-state index contributed by atoms with van der Waals surface area (Å²) in [7, 11) is 0. The highest BCUT2D eigenvalue weighted by Crippen LogP contribution is 2.28. The number of carbonyl (C=O) groups excluding carboxylic acids is 3. The summed E-state index contributed by atoms with van der Waals surface area (Å²) in [6.45, 7) is -0.0572. The van der Waals surface area contributed by atoms with Crippen LogP contribution >= 0.6 is 11.6 Å². The van der Waals surface area contributed by atoms with Crippen LogP contribution in [0.25, 0.3) is 0 Å². The van der Waals surface area contributed by atoms with E-state index in [1.807, 2.05) is 0 Å². The van der Waals surface area contributed by atoms with E-state index in [0.29, 0.717) is 28.4 Å².